The second-order valence-corrected chi connectivity index (χ2v) is 9.30. The number of anilines is 2. The number of benzene rings is 2. The molecule has 0 spiro atoms. The van der Waals surface area contributed by atoms with E-state index in [1.54, 1.807) is 5.38 Å². The number of thiophene rings is 1. The third kappa shape index (κ3) is 4.66. The molecule has 1 amide bonds. The lowest BCUT2D eigenvalue weighted by atomic mass is 10.1. The van der Waals surface area contributed by atoms with Crippen LogP contribution in [-0.2, 0) is 4.74 Å². The minimum atomic E-state index is -0.936. The number of carbonyl (C=O) groups is 1. The van der Waals surface area contributed by atoms with Crippen molar-refractivity contribution in [2.24, 2.45) is 0 Å². The molecule has 0 radical (unpaired) electrons. The summed E-state index contributed by atoms with van der Waals surface area (Å²) in [6.07, 6.45) is 0. The van der Waals surface area contributed by atoms with Crippen LogP contribution in [0.25, 0.3) is 22.4 Å². The third-order valence-corrected chi connectivity index (χ3v) is 7.21. The molecule has 1 N–H and O–H groups in total. The first-order valence-corrected chi connectivity index (χ1v) is 12.0. The number of hydrogen-bond donors (Lipinski definition) is 1. The molecule has 9 heteroatoms. The molecular formula is C24H19F2N3O2S2. The molecule has 5 rings (SSSR count). The number of nitrogens with one attached hydrogen (secondary N) is 1. The van der Waals surface area contributed by atoms with E-state index in [1.807, 2.05) is 36.4 Å². The predicted octanol–water partition coefficient (Wildman–Crippen LogP) is 5.91. The van der Waals surface area contributed by atoms with Crippen molar-refractivity contribution >= 4 is 38.7 Å². The van der Waals surface area contributed by atoms with Crippen molar-refractivity contribution in [2.45, 2.75) is 0 Å². The van der Waals surface area contributed by atoms with Gasteiger partial charge in [-0.25, -0.2) is 13.8 Å². The van der Waals surface area contributed by atoms with Gasteiger partial charge in [-0.15, -0.1) is 22.7 Å². The van der Waals surface area contributed by atoms with Crippen LogP contribution in [-0.4, -0.2) is 37.2 Å². The fourth-order valence-corrected chi connectivity index (χ4v) is 5.44. The molecule has 33 heavy (non-hydrogen) atoms. The maximum absolute atomic E-state index is 13.6. The Morgan fingerprint density at radius 1 is 1.00 bits per heavy atom. The minimum absolute atomic E-state index is 0.261. The van der Waals surface area contributed by atoms with E-state index in [-0.39, 0.29) is 5.91 Å². The maximum Gasteiger partial charge on any atom is 0.267 e. The van der Waals surface area contributed by atoms with Gasteiger partial charge in [0.2, 0.25) is 0 Å². The highest BCUT2D eigenvalue weighted by Gasteiger charge is 2.22. The topological polar surface area (TPSA) is 54.5 Å². The first kappa shape index (κ1) is 21.7. The van der Waals surface area contributed by atoms with Gasteiger partial charge in [0.15, 0.2) is 16.8 Å². The predicted molar refractivity (Wildman–Crippen MR) is 128 cm³/mol. The van der Waals surface area contributed by atoms with Crippen molar-refractivity contribution in [2.75, 3.05) is 36.5 Å². The van der Waals surface area contributed by atoms with Gasteiger partial charge in [-0.05, 0) is 29.8 Å². The lowest BCUT2D eigenvalue weighted by molar-refractivity contribution is 0.103. The van der Waals surface area contributed by atoms with Crippen LogP contribution in [0.1, 0.15) is 9.67 Å². The lowest BCUT2D eigenvalue weighted by Gasteiger charge is -2.28. The van der Waals surface area contributed by atoms with E-state index in [0.29, 0.717) is 34.5 Å². The summed E-state index contributed by atoms with van der Waals surface area (Å²) in [4.78, 5) is 20.2. The van der Waals surface area contributed by atoms with E-state index in [9.17, 15) is 13.6 Å². The van der Waals surface area contributed by atoms with Crippen LogP contribution >= 0.6 is 22.7 Å². The second kappa shape index (κ2) is 9.38. The monoisotopic (exact) mass is 483 g/mol. The third-order valence-electron chi connectivity index (χ3n) is 5.26. The Kier molecular flexibility index (Phi) is 6.17. The summed E-state index contributed by atoms with van der Waals surface area (Å²) in [5, 5.41) is 5.97. The average molecular weight is 484 g/mol. The number of morpholine rings is 1. The summed E-state index contributed by atoms with van der Waals surface area (Å²) < 4.78 is 32.3. The molecule has 0 atom stereocenters. The number of thiazole rings is 1. The van der Waals surface area contributed by atoms with Crippen molar-refractivity contribution in [1.29, 1.82) is 0 Å². The van der Waals surface area contributed by atoms with E-state index in [2.05, 4.69) is 15.2 Å². The quantitative estimate of drug-likeness (QED) is 0.384. The Balaban J connectivity index is 1.40. The molecule has 0 bridgehead atoms. The van der Waals surface area contributed by atoms with Crippen LogP contribution in [0.5, 0.6) is 0 Å². The van der Waals surface area contributed by atoms with Gasteiger partial charge in [-0.3, -0.25) is 10.1 Å². The van der Waals surface area contributed by atoms with E-state index in [0.717, 1.165) is 41.4 Å². The molecule has 3 heterocycles. The summed E-state index contributed by atoms with van der Waals surface area (Å²) in [7, 11) is 0. The zero-order valence-electron chi connectivity index (χ0n) is 17.4. The number of amides is 1. The van der Waals surface area contributed by atoms with Crippen LogP contribution in [0.15, 0.2) is 60.0 Å². The number of nitrogens with zero attached hydrogens (tertiary/aromatic N) is 2. The van der Waals surface area contributed by atoms with Crippen LogP contribution in [0.3, 0.4) is 0 Å². The minimum Gasteiger partial charge on any atom is -0.378 e. The first-order valence-electron chi connectivity index (χ1n) is 10.3. The van der Waals surface area contributed by atoms with Gasteiger partial charge in [-0.2, -0.15) is 0 Å². The van der Waals surface area contributed by atoms with Gasteiger partial charge < -0.3 is 9.64 Å². The molecule has 0 aliphatic carbocycles. The number of hydrogen-bond acceptors (Lipinski definition) is 6. The number of aromatic nitrogens is 1. The molecule has 168 valence electrons. The summed E-state index contributed by atoms with van der Waals surface area (Å²) >= 11 is 2.67. The zero-order chi connectivity index (χ0) is 22.8. The van der Waals surface area contributed by atoms with E-state index >= 15 is 0 Å². The fraction of sp³-hybridized carbons (Fsp3) is 0.167. The highest BCUT2D eigenvalue weighted by Crippen LogP contribution is 2.40. The average Bonchev–Trinajstić information content (AvgIpc) is 3.50. The maximum atomic E-state index is 13.6. The van der Waals surface area contributed by atoms with Crippen LogP contribution in [0.4, 0.5) is 18.9 Å². The van der Waals surface area contributed by atoms with Crippen molar-refractivity contribution in [3.8, 4) is 22.4 Å². The van der Waals surface area contributed by atoms with Gasteiger partial charge in [0.05, 0.1) is 28.8 Å². The molecule has 1 aliphatic heterocycles. The SMILES string of the molecule is O=C(Nc1nc(-c2ccc(F)c(F)c2)cs1)c1cc(-c2ccccc2)c(N2CCOCC2)s1. The number of ether oxygens (including phenoxy) is 1. The Labute approximate surface area is 197 Å². The van der Waals surface area contributed by atoms with Gasteiger partial charge in [0.25, 0.3) is 5.91 Å². The summed E-state index contributed by atoms with van der Waals surface area (Å²) in [6, 6.07) is 15.5. The molecule has 4 aromatic rings. The molecule has 5 nitrogen and oxygen atoms in total. The first-order chi connectivity index (χ1) is 16.1. The van der Waals surface area contributed by atoms with E-state index < -0.39 is 11.6 Å². The van der Waals surface area contributed by atoms with Crippen molar-refractivity contribution in [1.82, 2.24) is 4.98 Å². The number of carbonyl (C=O) groups excluding carboxylic acids is 1. The highest BCUT2D eigenvalue weighted by molar-refractivity contribution is 7.19. The largest absolute Gasteiger partial charge is 0.378 e. The van der Waals surface area contributed by atoms with Gasteiger partial charge in [0.1, 0.15) is 0 Å². The molecule has 1 fully saturated rings. The van der Waals surface area contributed by atoms with Crippen molar-refractivity contribution in [3.05, 3.63) is 76.5 Å². The molecule has 0 saturated carbocycles. The molecule has 1 saturated heterocycles. The van der Waals surface area contributed by atoms with Crippen molar-refractivity contribution < 1.29 is 18.3 Å². The Bertz CT molecular complexity index is 1280. The Morgan fingerprint density at radius 2 is 1.79 bits per heavy atom. The van der Waals surface area contributed by atoms with Crippen LogP contribution in [0, 0.1) is 11.6 Å². The smallest absolute Gasteiger partial charge is 0.267 e. The van der Waals surface area contributed by atoms with Gasteiger partial charge in [-0.1, -0.05) is 30.3 Å². The molecular weight excluding hydrogens is 464 g/mol. The summed E-state index contributed by atoms with van der Waals surface area (Å²) in [5.41, 5.74) is 2.97. The Morgan fingerprint density at radius 3 is 2.55 bits per heavy atom. The number of halogens is 2. The molecule has 2 aromatic heterocycles. The highest BCUT2D eigenvalue weighted by atomic mass is 32.1. The number of rotatable bonds is 5. The zero-order valence-corrected chi connectivity index (χ0v) is 19.0. The van der Waals surface area contributed by atoms with Crippen LogP contribution in [0.2, 0.25) is 0 Å². The van der Waals surface area contributed by atoms with Crippen molar-refractivity contribution in [3.63, 3.8) is 0 Å². The van der Waals surface area contributed by atoms with E-state index in [4.69, 9.17) is 4.74 Å². The van der Waals surface area contributed by atoms with Gasteiger partial charge >= 0.3 is 0 Å². The molecule has 2 aromatic carbocycles. The standard InChI is InChI=1S/C24H19F2N3O2S2/c25-18-7-6-16(12-19(18)26)20-14-32-24(27-20)28-22(30)21-13-17(15-4-2-1-3-5-15)23(33-21)29-8-10-31-11-9-29/h1-7,12-14H,8-11H2,(H,27,28,30). The lowest BCUT2D eigenvalue weighted by Crippen LogP contribution is -2.35. The Hall–Kier alpha value is -3.14. The molecule has 1 aliphatic rings. The molecule has 0 unspecified atom stereocenters. The van der Waals surface area contributed by atoms with Crippen LogP contribution < -0.4 is 10.2 Å². The summed E-state index contributed by atoms with van der Waals surface area (Å²) in [5.74, 6) is -2.11. The van der Waals surface area contributed by atoms with E-state index in [1.165, 1.54) is 28.7 Å². The normalized spacial score (nSPS) is 13.8. The fourth-order valence-electron chi connectivity index (χ4n) is 3.60. The summed E-state index contributed by atoms with van der Waals surface area (Å²) in [6.45, 7) is 2.84. The second-order valence-electron chi connectivity index (χ2n) is 7.42. The van der Waals surface area contributed by atoms with Gasteiger partial charge in [0, 0.05) is 29.6 Å².